The topological polar surface area (TPSA) is 75.2 Å². The van der Waals surface area contributed by atoms with Crippen LogP contribution in [0.1, 0.15) is 22.5 Å². The summed E-state index contributed by atoms with van der Waals surface area (Å²) in [6.07, 6.45) is 0. The van der Waals surface area contributed by atoms with E-state index in [-0.39, 0.29) is 17.6 Å². The van der Waals surface area contributed by atoms with Crippen molar-refractivity contribution >= 4 is 41.0 Å². The molecule has 6 nitrogen and oxygen atoms in total. The molecule has 0 saturated carbocycles. The van der Waals surface area contributed by atoms with Crippen molar-refractivity contribution in [2.75, 3.05) is 22.7 Å². The monoisotopic (exact) mass is 416 g/mol. The molecular formula is C20H24N4O2S2. The van der Waals surface area contributed by atoms with Crippen LogP contribution in [-0.4, -0.2) is 50.1 Å². The quantitative estimate of drug-likeness (QED) is 0.595. The molecule has 1 aliphatic rings. The van der Waals surface area contributed by atoms with Gasteiger partial charge in [0.25, 0.3) is 0 Å². The summed E-state index contributed by atoms with van der Waals surface area (Å²) in [5, 5.41) is 3.54. The molecule has 2 heterocycles. The SMILES string of the molecule is Cc1cc(C)nc(SCC(=O)N2CSCC2C(=O)Nc2ccc(C)c(C)c2)n1. The lowest BCUT2D eigenvalue weighted by Crippen LogP contribution is -2.45. The number of nitrogens with one attached hydrogen (secondary N) is 1. The zero-order chi connectivity index (χ0) is 20.3. The van der Waals surface area contributed by atoms with Gasteiger partial charge in [0, 0.05) is 22.8 Å². The standard InChI is InChI=1S/C20H24N4O2S2/c1-12-5-6-16(7-13(12)2)23-19(26)17-9-27-11-24(17)18(25)10-28-20-21-14(3)8-15(4)22-20/h5-8,17H,9-11H2,1-4H3,(H,23,26). The number of rotatable bonds is 5. The molecule has 8 heteroatoms. The molecule has 1 atom stereocenters. The van der Waals surface area contributed by atoms with Crippen LogP contribution in [0.15, 0.2) is 29.4 Å². The fourth-order valence-corrected chi connectivity index (χ4v) is 4.93. The van der Waals surface area contributed by atoms with Crippen LogP contribution in [0.4, 0.5) is 5.69 Å². The van der Waals surface area contributed by atoms with E-state index in [1.54, 1.807) is 16.7 Å². The summed E-state index contributed by atoms with van der Waals surface area (Å²) in [5.74, 6) is 1.13. The Morgan fingerprint density at radius 3 is 2.54 bits per heavy atom. The van der Waals surface area contributed by atoms with Crippen LogP contribution >= 0.6 is 23.5 Å². The Morgan fingerprint density at radius 2 is 1.86 bits per heavy atom. The molecule has 0 radical (unpaired) electrons. The molecular weight excluding hydrogens is 392 g/mol. The van der Waals surface area contributed by atoms with Crippen LogP contribution in [0, 0.1) is 27.7 Å². The highest BCUT2D eigenvalue weighted by molar-refractivity contribution is 8.00. The van der Waals surface area contributed by atoms with E-state index in [9.17, 15) is 9.59 Å². The van der Waals surface area contributed by atoms with Gasteiger partial charge in [-0.05, 0) is 57.0 Å². The number of hydrogen-bond acceptors (Lipinski definition) is 6. The van der Waals surface area contributed by atoms with Crippen molar-refractivity contribution in [3.8, 4) is 0 Å². The van der Waals surface area contributed by atoms with Crippen molar-refractivity contribution in [1.29, 1.82) is 0 Å². The van der Waals surface area contributed by atoms with Crippen LogP contribution < -0.4 is 5.32 Å². The van der Waals surface area contributed by atoms with E-state index in [0.717, 1.165) is 22.6 Å². The van der Waals surface area contributed by atoms with Crippen LogP contribution in [0.5, 0.6) is 0 Å². The van der Waals surface area contributed by atoms with Gasteiger partial charge in [-0.25, -0.2) is 9.97 Å². The summed E-state index contributed by atoms with van der Waals surface area (Å²) in [7, 11) is 0. The average molecular weight is 417 g/mol. The van der Waals surface area contributed by atoms with E-state index < -0.39 is 6.04 Å². The maximum Gasteiger partial charge on any atom is 0.248 e. The summed E-state index contributed by atoms with van der Waals surface area (Å²) < 4.78 is 0. The van der Waals surface area contributed by atoms with Crippen molar-refractivity contribution < 1.29 is 9.59 Å². The van der Waals surface area contributed by atoms with Crippen molar-refractivity contribution in [3.05, 3.63) is 46.8 Å². The Bertz CT molecular complexity index is 884. The molecule has 0 bridgehead atoms. The number of amides is 2. The zero-order valence-corrected chi connectivity index (χ0v) is 18.1. The van der Waals surface area contributed by atoms with Gasteiger partial charge >= 0.3 is 0 Å². The van der Waals surface area contributed by atoms with Gasteiger partial charge in [-0.2, -0.15) is 0 Å². The maximum atomic E-state index is 12.7. The fraction of sp³-hybridized carbons (Fsp3) is 0.400. The van der Waals surface area contributed by atoms with Crippen LogP contribution in [0.2, 0.25) is 0 Å². The number of aryl methyl sites for hydroxylation is 4. The first-order valence-electron chi connectivity index (χ1n) is 9.04. The maximum absolute atomic E-state index is 12.7. The number of hydrogen-bond donors (Lipinski definition) is 1. The molecule has 1 aromatic heterocycles. The van der Waals surface area contributed by atoms with Gasteiger partial charge in [0.1, 0.15) is 6.04 Å². The molecule has 1 N–H and O–H groups in total. The first-order valence-corrected chi connectivity index (χ1v) is 11.2. The average Bonchev–Trinajstić information content (AvgIpc) is 3.12. The lowest BCUT2D eigenvalue weighted by atomic mass is 10.1. The van der Waals surface area contributed by atoms with E-state index in [1.165, 1.54) is 17.3 Å². The molecule has 2 amide bonds. The number of benzene rings is 1. The van der Waals surface area contributed by atoms with E-state index in [2.05, 4.69) is 15.3 Å². The van der Waals surface area contributed by atoms with Gasteiger partial charge in [-0.15, -0.1) is 11.8 Å². The van der Waals surface area contributed by atoms with Crippen molar-refractivity contribution in [2.45, 2.75) is 38.9 Å². The number of aromatic nitrogens is 2. The van der Waals surface area contributed by atoms with E-state index in [4.69, 9.17) is 0 Å². The minimum atomic E-state index is -0.458. The molecule has 2 aromatic rings. The largest absolute Gasteiger partial charge is 0.324 e. The van der Waals surface area contributed by atoms with Gasteiger partial charge in [0.2, 0.25) is 11.8 Å². The third kappa shape index (κ3) is 5.05. The highest BCUT2D eigenvalue weighted by Gasteiger charge is 2.34. The Kier molecular flexibility index (Phi) is 6.61. The predicted molar refractivity (Wildman–Crippen MR) is 115 cm³/mol. The number of carbonyl (C=O) groups excluding carboxylic acids is 2. The Hall–Kier alpha value is -2.06. The van der Waals surface area contributed by atoms with E-state index >= 15 is 0 Å². The third-order valence-electron chi connectivity index (χ3n) is 4.57. The van der Waals surface area contributed by atoms with Crippen LogP contribution in [0.25, 0.3) is 0 Å². The van der Waals surface area contributed by atoms with Gasteiger partial charge < -0.3 is 10.2 Å². The molecule has 1 saturated heterocycles. The van der Waals surface area contributed by atoms with Crippen molar-refractivity contribution in [3.63, 3.8) is 0 Å². The van der Waals surface area contributed by atoms with Gasteiger partial charge in [-0.1, -0.05) is 17.8 Å². The molecule has 1 aliphatic heterocycles. The van der Waals surface area contributed by atoms with Crippen LogP contribution in [-0.2, 0) is 9.59 Å². The fourth-order valence-electron chi connectivity index (χ4n) is 2.92. The smallest absolute Gasteiger partial charge is 0.248 e. The Balaban J connectivity index is 1.61. The lowest BCUT2D eigenvalue weighted by molar-refractivity contribution is -0.134. The molecule has 3 rings (SSSR count). The Morgan fingerprint density at radius 1 is 1.14 bits per heavy atom. The molecule has 1 unspecified atom stereocenters. The molecule has 0 spiro atoms. The minimum Gasteiger partial charge on any atom is -0.324 e. The highest BCUT2D eigenvalue weighted by atomic mass is 32.2. The molecule has 28 heavy (non-hydrogen) atoms. The second kappa shape index (κ2) is 8.96. The zero-order valence-electron chi connectivity index (χ0n) is 16.5. The van der Waals surface area contributed by atoms with Gasteiger partial charge in [-0.3, -0.25) is 9.59 Å². The van der Waals surface area contributed by atoms with Gasteiger partial charge in [0.15, 0.2) is 5.16 Å². The normalized spacial score (nSPS) is 16.3. The summed E-state index contributed by atoms with van der Waals surface area (Å²) >= 11 is 2.90. The first kappa shape index (κ1) is 20.7. The summed E-state index contributed by atoms with van der Waals surface area (Å²) in [6.45, 7) is 7.86. The summed E-state index contributed by atoms with van der Waals surface area (Å²) in [4.78, 5) is 35.8. The number of carbonyl (C=O) groups is 2. The van der Waals surface area contributed by atoms with Gasteiger partial charge in [0.05, 0.1) is 11.6 Å². The number of thioether (sulfide) groups is 2. The number of anilines is 1. The second-order valence-electron chi connectivity index (χ2n) is 6.89. The van der Waals surface area contributed by atoms with Crippen LogP contribution in [0.3, 0.4) is 0 Å². The third-order valence-corrected chi connectivity index (χ3v) is 6.41. The lowest BCUT2D eigenvalue weighted by Gasteiger charge is -2.23. The highest BCUT2D eigenvalue weighted by Crippen LogP contribution is 2.25. The molecule has 0 aliphatic carbocycles. The van der Waals surface area contributed by atoms with E-state index in [0.29, 0.717) is 16.8 Å². The predicted octanol–water partition coefficient (Wildman–Crippen LogP) is 3.34. The van der Waals surface area contributed by atoms with E-state index in [1.807, 2.05) is 52.0 Å². The molecule has 1 aromatic carbocycles. The molecule has 1 fully saturated rings. The molecule has 148 valence electrons. The van der Waals surface area contributed by atoms with Crippen molar-refractivity contribution in [1.82, 2.24) is 14.9 Å². The van der Waals surface area contributed by atoms with Crippen molar-refractivity contribution in [2.24, 2.45) is 0 Å². The summed E-state index contributed by atoms with van der Waals surface area (Å²) in [5.41, 5.74) is 4.82. The summed E-state index contributed by atoms with van der Waals surface area (Å²) in [6, 6.07) is 7.27. The first-order chi connectivity index (χ1) is 13.3. The minimum absolute atomic E-state index is 0.0713. The Labute approximate surface area is 173 Å². The number of nitrogens with zero attached hydrogens (tertiary/aromatic N) is 3. The second-order valence-corrected chi connectivity index (χ2v) is 8.83.